The number of aryl methyl sites for hydroxylation is 6. The summed E-state index contributed by atoms with van der Waals surface area (Å²) < 4.78 is 11.7. The van der Waals surface area contributed by atoms with E-state index in [2.05, 4.69) is 190 Å². The summed E-state index contributed by atoms with van der Waals surface area (Å²) in [5.41, 5.74) is 12.3. The molecular formula is C44H41N2O+. The fourth-order valence-electron chi connectivity index (χ4n) is 7.52. The topological polar surface area (TPSA) is 18.0 Å². The fraction of sp³-hybridized carbons (Fsp3) is 0.159. The molecule has 232 valence electrons. The highest BCUT2D eigenvalue weighted by Crippen LogP contribution is 2.45. The molecule has 0 amide bonds. The van der Waals surface area contributed by atoms with Crippen LogP contribution in [-0.4, -0.2) is 4.57 Å². The van der Waals surface area contributed by atoms with Gasteiger partial charge in [0, 0.05) is 11.1 Å². The smallest absolute Gasteiger partial charge is 0.285 e. The maximum absolute atomic E-state index is 6.85. The van der Waals surface area contributed by atoms with Crippen LogP contribution in [-0.2, 0) is 10.2 Å². The first-order valence-corrected chi connectivity index (χ1v) is 16.3. The van der Waals surface area contributed by atoms with Crippen molar-refractivity contribution in [3.63, 3.8) is 0 Å². The van der Waals surface area contributed by atoms with E-state index < -0.39 is 5.41 Å². The van der Waals surface area contributed by atoms with Crippen molar-refractivity contribution in [1.82, 2.24) is 4.57 Å². The van der Waals surface area contributed by atoms with Gasteiger partial charge in [-0.3, -0.25) is 0 Å². The van der Waals surface area contributed by atoms with Gasteiger partial charge in [0.05, 0.1) is 0 Å². The number of nitrogens with zero attached hydrogens (tertiary/aromatic N) is 2. The molecule has 2 heterocycles. The number of benzene rings is 5. The molecule has 0 atom stereocenters. The summed E-state index contributed by atoms with van der Waals surface area (Å²) in [6.07, 6.45) is 9.13. The Kier molecular flexibility index (Phi) is 7.77. The van der Waals surface area contributed by atoms with Crippen LogP contribution in [0, 0.1) is 41.5 Å². The van der Waals surface area contributed by atoms with Crippen LogP contribution >= 0.6 is 0 Å². The quantitative estimate of drug-likeness (QED) is 0.171. The first kappa shape index (κ1) is 30.3. The SMILES string of the molecule is Cc1cc(C)c(-n2cc[n+](-c3c(C)cc(C)cc3C)c2C2(c3ccccc3)C=C(c3ccccc3)OC(c3ccccc3)=C2)c(C)c1. The van der Waals surface area contributed by atoms with Gasteiger partial charge >= 0.3 is 0 Å². The number of aromatic nitrogens is 2. The Hall–Kier alpha value is -5.41. The lowest BCUT2D eigenvalue weighted by atomic mass is 9.75. The Morgan fingerprint density at radius 1 is 0.553 bits per heavy atom. The molecule has 7 rings (SSSR count). The van der Waals surface area contributed by atoms with E-state index in [1.165, 1.54) is 44.8 Å². The average Bonchev–Trinajstić information content (AvgIpc) is 3.49. The van der Waals surface area contributed by atoms with Gasteiger partial charge in [0.2, 0.25) is 0 Å². The van der Waals surface area contributed by atoms with Crippen LogP contribution in [0.25, 0.3) is 22.9 Å². The second-order valence-electron chi connectivity index (χ2n) is 12.9. The first-order valence-electron chi connectivity index (χ1n) is 16.3. The molecule has 3 nitrogen and oxygen atoms in total. The Morgan fingerprint density at radius 3 is 1.49 bits per heavy atom. The van der Waals surface area contributed by atoms with Crippen molar-refractivity contribution in [2.75, 3.05) is 0 Å². The zero-order valence-electron chi connectivity index (χ0n) is 28.1. The second-order valence-corrected chi connectivity index (χ2v) is 12.9. The van der Waals surface area contributed by atoms with Gasteiger partial charge in [-0.15, -0.1) is 0 Å². The van der Waals surface area contributed by atoms with Crippen molar-refractivity contribution in [3.8, 4) is 11.4 Å². The van der Waals surface area contributed by atoms with Gasteiger partial charge in [-0.1, -0.05) is 126 Å². The number of hydrogen-bond donors (Lipinski definition) is 0. The van der Waals surface area contributed by atoms with Crippen LogP contribution in [0.5, 0.6) is 0 Å². The van der Waals surface area contributed by atoms with Crippen molar-refractivity contribution < 1.29 is 9.30 Å². The maximum Gasteiger partial charge on any atom is 0.285 e. The summed E-state index contributed by atoms with van der Waals surface area (Å²) in [7, 11) is 0. The number of allylic oxidation sites excluding steroid dienone is 2. The van der Waals surface area contributed by atoms with Crippen molar-refractivity contribution in [2.45, 2.75) is 47.0 Å². The van der Waals surface area contributed by atoms with Crippen LogP contribution in [0.2, 0.25) is 0 Å². The Morgan fingerprint density at radius 2 is 1.00 bits per heavy atom. The lowest BCUT2D eigenvalue weighted by Gasteiger charge is -2.32. The molecule has 3 heteroatoms. The van der Waals surface area contributed by atoms with Crippen LogP contribution in [0.3, 0.4) is 0 Å². The molecule has 0 spiro atoms. The predicted octanol–water partition coefficient (Wildman–Crippen LogP) is 10.0. The molecule has 6 aromatic rings. The number of hydrogen-bond acceptors (Lipinski definition) is 1. The van der Waals surface area contributed by atoms with E-state index in [4.69, 9.17) is 4.74 Å². The fourth-order valence-corrected chi connectivity index (χ4v) is 7.52. The van der Waals surface area contributed by atoms with Crippen LogP contribution < -0.4 is 4.57 Å². The molecule has 0 aliphatic carbocycles. The van der Waals surface area contributed by atoms with E-state index in [9.17, 15) is 0 Å². The van der Waals surface area contributed by atoms with E-state index >= 15 is 0 Å². The molecule has 0 fully saturated rings. The van der Waals surface area contributed by atoms with Gasteiger partial charge in [0.15, 0.2) is 0 Å². The van der Waals surface area contributed by atoms with E-state index in [1.807, 2.05) is 0 Å². The Labute approximate surface area is 278 Å². The van der Waals surface area contributed by atoms with Gasteiger partial charge in [0.25, 0.3) is 5.82 Å². The zero-order valence-corrected chi connectivity index (χ0v) is 28.1. The molecule has 0 saturated carbocycles. The number of ether oxygens (including phenoxy) is 1. The van der Waals surface area contributed by atoms with Crippen molar-refractivity contribution in [1.29, 1.82) is 0 Å². The Bertz CT molecular complexity index is 1980. The molecule has 5 aromatic carbocycles. The molecule has 0 unspecified atom stereocenters. The summed E-state index contributed by atoms with van der Waals surface area (Å²) in [5, 5.41) is 0. The van der Waals surface area contributed by atoms with Crippen LogP contribution in [0.1, 0.15) is 55.9 Å². The molecule has 1 aromatic heterocycles. The monoisotopic (exact) mass is 613 g/mol. The lowest BCUT2D eigenvalue weighted by Crippen LogP contribution is -2.45. The predicted molar refractivity (Wildman–Crippen MR) is 193 cm³/mol. The van der Waals surface area contributed by atoms with Gasteiger partial charge in [0.1, 0.15) is 40.7 Å². The third-order valence-electron chi connectivity index (χ3n) is 9.25. The minimum absolute atomic E-state index is 0.729. The standard InChI is InChI=1S/C44H41N2O/c1-30-24-32(3)41(33(4)25-30)45-22-23-46(42-34(5)26-31(2)27-35(42)6)43(45)44(38-20-14-9-15-21-38)28-39(36-16-10-7-11-17-36)47-40(29-44)37-18-12-8-13-19-37/h7-29H,1-6H3/q+1. The summed E-state index contributed by atoms with van der Waals surface area (Å²) in [4.78, 5) is 0. The van der Waals surface area contributed by atoms with Gasteiger partial charge < -0.3 is 4.74 Å². The van der Waals surface area contributed by atoms with Crippen LogP contribution in [0.4, 0.5) is 0 Å². The number of rotatable bonds is 6. The average molecular weight is 614 g/mol. The molecule has 1 aliphatic rings. The summed E-state index contributed by atoms with van der Waals surface area (Å²) in [6.45, 7) is 13.2. The molecule has 0 bridgehead atoms. The molecule has 0 N–H and O–H groups in total. The molecule has 1 aliphatic heterocycles. The third kappa shape index (κ3) is 5.42. The van der Waals surface area contributed by atoms with E-state index in [1.54, 1.807) is 0 Å². The van der Waals surface area contributed by atoms with E-state index in [0.717, 1.165) is 34.0 Å². The molecule has 0 radical (unpaired) electrons. The maximum atomic E-state index is 6.85. The molecule has 47 heavy (non-hydrogen) atoms. The normalized spacial score (nSPS) is 13.9. The van der Waals surface area contributed by atoms with Crippen molar-refractivity contribution in [3.05, 3.63) is 196 Å². The highest BCUT2D eigenvalue weighted by Gasteiger charge is 2.47. The van der Waals surface area contributed by atoms with E-state index in [-0.39, 0.29) is 0 Å². The summed E-state index contributed by atoms with van der Waals surface area (Å²) >= 11 is 0. The number of imidazole rings is 1. The van der Waals surface area contributed by atoms with Gasteiger partial charge in [-0.05, 0) is 81.5 Å². The Balaban J connectivity index is 1.67. The third-order valence-corrected chi connectivity index (χ3v) is 9.25. The van der Waals surface area contributed by atoms with Gasteiger partial charge in [-0.25, -0.2) is 0 Å². The molecule has 0 saturated heterocycles. The summed E-state index contributed by atoms with van der Waals surface area (Å²) in [6, 6.07) is 40.9. The minimum Gasteiger partial charge on any atom is -0.457 e. The first-order chi connectivity index (χ1) is 22.7. The minimum atomic E-state index is -0.729. The summed E-state index contributed by atoms with van der Waals surface area (Å²) in [5.74, 6) is 2.76. The van der Waals surface area contributed by atoms with Crippen molar-refractivity contribution in [2.24, 2.45) is 0 Å². The zero-order chi connectivity index (χ0) is 32.7. The molecular weight excluding hydrogens is 572 g/mol. The second kappa shape index (κ2) is 12.1. The van der Waals surface area contributed by atoms with Crippen molar-refractivity contribution >= 4 is 11.5 Å². The van der Waals surface area contributed by atoms with E-state index in [0.29, 0.717) is 0 Å². The largest absolute Gasteiger partial charge is 0.457 e. The lowest BCUT2D eigenvalue weighted by molar-refractivity contribution is -0.606. The highest BCUT2D eigenvalue weighted by molar-refractivity contribution is 5.77. The van der Waals surface area contributed by atoms with Gasteiger partial charge in [-0.2, -0.15) is 9.13 Å². The highest BCUT2D eigenvalue weighted by atomic mass is 16.5. The van der Waals surface area contributed by atoms with Crippen LogP contribution in [0.15, 0.2) is 140 Å².